The second-order valence-electron chi connectivity index (χ2n) is 8.39. The third-order valence-electron chi connectivity index (χ3n) is 6.08. The molecule has 0 bridgehead atoms. The average molecular weight is 497 g/mol. The van der Waals surface area contributed by atoms with E-state index in [1.54, 1.807) is 31.2 Å². The predicted octanol–water partition coefficient (Wildman–Crippen LogP) is 6.33. The van der Waals surface area contributed by atoms with Crippen LogP contribution in [0.4, 0.5) is 0 Å². The van der Waals surface area contributed by atoms with Gasteiger partial charge in [-0.1, -0.05) is 73.9 Å². The number of ether oxygens (including phenoxy) is 2. The summed E-state index contributed by atoms with van der Waals surface area (Å²) in [5, 5.41) is 1.85. The third kappa shape index (κ3) is 6.73. The fourth-order valence-electron chi connectivity index (χ4n) is 4.23. The molecule has 4 nitrogen and oxygen atoms in total. The molecule has 2 aromatic carbocycles. The number of rotatable bonds is 9. The molecule has 0 aliphatic rings. The Morgan fingerprint density at radius 3 is 2.22 bits per heavy atom. The van der Waals surface area contributed by atoms with Gasteiger partial charge in [0.1, 0.15) is 0 Å². The number of methoxy groups -OCH3 is 2. The first-order chi connectivity index (χ1) is 17.7. The minimum Gasteiger partial charge on any atom is -0.465 e. The van der Waals surface area contributed by atoms with Gasteiger partial charge in [-0.05, 0) is 90.1 Å². The third-order valence-corrected chi connectivity index (χ3v) is 6.08. The number of hydrogen-bond donors (Lipinski definition) is 0. The minimum absolute atomic E-state index is 0.374. The van der Waals surface area contributed by atoms with Gasteiger partial charge >= 0.3 is 11.9 Å². The largest absolute Gasteiger partial charge is 0.465 e. The van der Waals surface area contributed by atoms with Gasteiger partial charge in [-0.25, -0.2) is 9.59 Å². The molecule has 0 fully saturated rings. The van der Waals surface area contributed by atoms with Crippen molar-refractivity contribution in [1.82, 2.24) is 0 Å². The lowest BCUT2D eigenvalue weighted by atomic mass is 9.85. The summed E-state index contributed by atoms with van der Waals surface area (Å²) in [7, 11) is 2.74. The smallest absolute Gasteiger partial charge is 0.337 e. The summed E-state index contributed by atoms with van der Waals surface area (Å²) in [5.41, 5.74) is 6.99. The van der Waals surface area contributed by atoms with Gasteiger partial charge < -0.3 is 9.47 Å². The van der Waals surface area contributed by atoms with Crippen LogP contribution in [0.2, 0.25) is 0 Å². The van der Waals surface area contributed by atoms with E-state index in [1.807, 2.05) is 50.3 Å². The summed E-state index contributed by atoms with van der Waals surface area (Å²) in [6.45, 7) is 16.7. The Hall–Kier alpha value is -4.18. The van der Waals surface area contributed by atoms with Crippen LogP contribution in [0.3, 0.4) is 0 Å². The monoisotopic (exact) mass is 496 g/mol. The fraction of sp³-hybridized carbons (Fsp3) is 0.212. The molecule has 0 aliphatic carbocycles. The van der Waals surface area contributed by atoms with Crippen LogP contribution in [0.1, 0.15) is 54.2 Å². The summed E-state index contributed by atoms with van der Waals surface area (Å²) in [6.07, 6.45) is 16.1. The van der Waals surface area contributed by atoms with E-state index >= 15 is 0 Å². The number of carbonyl (C=O) groups excluding carboxylic acids is 2. The van der Waals surface area contributed by atoms with Crippen molar-refractivity contribution in [2.24, 2.45) is 0 Å². The highest BCUT2D eigenvalue weighted by molar-refractivity contribution is 5.92. The van der Waals surface area contributed by atoms with Gasteiger partial charge in [-0.2, -0.15) is 0 Å². The standard InChI is InChI=1S/C33H36O4/c1-9-12-17-29-24(6)31(26-18-20-27(21-19-26)33(35)37-8)28(14-10-2)23(5)30(29)22(4)15-13-16-25(11-3)32(34)36-7/h9-14,16-21H,4,6,15H2,1-3,5,7-8H3. The van der Waals surface area contributed by atoms with E-state index in [9.17, 15) is 9.59 Å². The average Bonchev–Trinajstić information content (AvgIpc) is 2.91. The van der Waals surface area contributed by atoms with Crippen LogP contribution in [-0.4, -0.2) is 26.2 Å². The Balaban J connectivity index is 2.76. The van der Waals surface area contributed by atoms with Crippen molar-refractivity contribution in [3.63, 3.8) is 0 Å². The SMILES string of the molecule is C=C(CC=CC(=CC)C(=O)OC)c1c(C)c(C=CC)c(-c2ccc(C(=O)OC)cc2)c(=C)c1=CC=CC. The van der Waals surface area contributed by atoms with E-state index in [-0.39, 0.29) is 11.9 Å². The zero-order chi connectivity index (χ0) is 27.5. The molecule has 0 N–H and O–H groups in total. The summed E-state index contributed by atoms with van der Waals surface area (Å²) < 4.78 is 9.68. The molecule has 0 radical (unpaired) electrons. The second-order valence-corrected chi connectivity index (χ2v) is 8.39. The number of benzene rings is 2. The lowest BCUT2D eigenvalue weighted by Crippen LogP contribution is -2.31. The van der Waals surface area contributed by atoms with Crippen LogP contribution in [0.15, 0.2) is 72.9 Å². The molecule has 2 aromatic rings. The maximum absolute atomic E-state index is 11.9. The molecular weight excluding hydrogens is 460 g/mol. The second kappa shape index (κ2) is 13.8. The molecule has 0 heterocycles. The van der Waals surface area contributed by atoms with E-state index < -0.39 is 0 Å². The molecule has 0 aromatic heterocycles. The van der Waals surface area contributed by atoms with Gasteiger partial charge in [0.15, 0.2) is 0 Å². The van der Waals surface area contributed by atoms with Crippen LogP contribution >= 0.6 is 0 Å². The summed E-state index contributed by atoms with van der Waals surface area (Å²) in [5.74, 6) is -0.748. The lowest BCUT2D eigenvalue weighted by molar-refractivity contribution is -0.135. The Kier molecular flexibility index (Phi) is 10.8. The van der Waals surface area contributed by atoms with Crippen molar-refractivity contribution >= 4 is 36.2 Å². The van der Waals surface area contributed by atoms with Gasteiger partial charge in [0.2, 0.25) is 0 Å². The highest BCUT2D eigenvalue weighted by Crippen LogP contribution is 2.29. The Bertz CT molecular complexity index is 1400. The number of allylic oxidation sites excluding steroid dienone is 6. The van der Waals surface area contributed by atoms with Crippen molar-refractivity contribution in [1.29, 1.82) is 0 Å². The van der Waals surface area contributed by atoms with Crippen molar-refractivity contribution in [2.75, 3.05) is 14.2 Å². The van der Waals surface area contributed by atoms with Crippen LogP contribution in [0.25, 0.3) is 35.4 Å². The van der Waals surface area contributed by atoms with Gasteiger partial charge in [0, 0.05) is 0 Å². The van der Waals surface area contributed by atoms with Crippen LogP contribution in [0.5, 0.6) is 0 Å². The van der Waals surface area contributed by atoms with Gasteiger partial charge in [0.05, 0.1) is 25.4 Å². The van der Waals surface area contributed by atoms with Crippen LogP contribution in [0, 0.1) is 6.92 Å². The van der Waals surface area contributed by atoms with Crippen molar-refractivity contribution in [2.45, 2.75) is 34.1 Å². The normalized spacial score (nSPS) is 12.6. The van der Waals surface area contributed by atoms with Crippen LogP contribution < -0.4 is 10.4 Å². The molecule has 0 unspecified atom stereocenters. The number of hydrogen-bond acceptors (Lipinski definition) is 4. The summed E-state index contributed by atoms with van der Waals surface area (Å²) in [4.78, 5) is 23.8. The zero-order valence-electron chi connectivity index (χ0n) is 22.7. The number of carbonyl (C=O) groups is 2. The quantitative estimate of drug-likeness (QED) is 0.231. The van der Waals surface area contributed by atoms with Crippen molar-refractivity contribution in [3.8, 4) is 11.1 Å². The Labute approximate surface area is 220 Å². The van der Waals surface area contributed by atoms with Crippen molar-refractivity contribution in [3.05, 3.63) is 106 Å². The van der Waals surface area contributed by atoms with E-state index in [4.69, 9.17) is 9.47 Å². The van der Waals surface area contributed by atoms with Crippen LogP contribution in [-0.2, 0) is 14.3 Å². The van der Waals surface area contributed by atoms with Crippen molar-refractivity contribution < 1.29 is 19.1 Å². The van der Waals surface area contributed by atoms with E-state index in [0.29, 0.717) is 17.6 Å². The highest BCUT2D eigenvalue weighted by atomic mass is 16.5. The maximum Gasteiger partial charge on any atom is 0.337 e. The summed E-state index contributed by atoms with van der Waals surface area (Å²) in [6, 6.07) is 7.38. The Morgan fingerprint density at radius 2 is 1.68 bits per heavy atom. The van der Waals surface area contributed by atoms with Gasteiger partial charge in [-0.3, -0.25) is 0 Å². The molecular formula is C33H36O4. The maximum atomic E-state index is 11.9. The highest BCUT2D eigenvalue weighted by Gasteiger charge is 2.16. The molecule has 2 rings (SSSR count). The molecule has 0 amide bonds. The van der Waals surface area contributed by atoms with E-state index in [1.165, 1.54) is 14.2 Å². The van der Waals surface area contributed by atoms with Gasteiger partial charge in [-0.15, -0.1) is 0 Å². The van der Waals surface area contributed by atoms with E-state index in [2.05, 4.69) is 32.2 Å². The first kappa shape index (κ1) is 29.1. The molecule has 0 spiro atoms. The first-order valence-corrected chi connectivity index (χ1v) is 12.1. The fourth-order valence-corrected chi connectivity index (χ4v) is 4.23. The topological polar surface area (TPSA) is 52.6 Å². The first-order valence-electron chi connectivity index (χ1n) is 12.1. The molecule has 0 atom stereocenters. The molecule has 192 valence electrons. The zero-order valence-corrected chi connectivity index (χ0v) is 22.7. The van der Waals surface area contributed by atoms with E-state index in [0.717, 1.165) is 43.8 Å². The lowest BCUT2D eigenvalue weighted by Gasteiger charge is -2.18. The van der Waals surface area contributed by atoms with Gasteiger partial charge in [0.25, 0.3) is 0 Å². The molecule has 0 aliphatic heterocycles. The Morgan fingerprint density at radius 1 is 1.00 bits per heavy atom. The molecule has 37 heavy (non-hydrogen) atoms. The summed E-state index contributed by atoms with van der Waals surface area (Å²) >= 11 is 0. The molecule has 0 saturated carbocycles. The number of esters is 2. The molecule has 4 heteroatoms. The molecule has 0 saturated heterocycles. The predicted molar refractivity (Wildman–Crippen MR) is 155 cm³/mol. The minimum atomic E-state index is -0.374.